The van der Waals surface area contributed by atoms with Crippen LogP contribution in [-0.2, 0) is 0 Å². The summed E-state index contributed by atoms with van der Waals surface area (Å²) in [5, 5.41) is 33.8. The molecule has 0 fully saturated rings. The lowest BCUT2D eigenvalue weighted by Crippen LogP contribution is -2.21. The minimum atomic E-state index is -0.928. The largest absolute Gasteiger partial charge is 0.344 e. The molecule has 2 amide bonds. The van der Waals surface area contributed by atoms with E-state index in [1.807, 2.05) is 6.07 Å². The number of amides is 2. The van der Waals surface area contributed by atoms with Gasteiger partial charge in [0.05, 0.1) is 26.4 Å². The third kappa shape index (κ3) is 3.79. The van der Waals surface area contributed by atoms with Gasteiger partial charge in [0, 0.05) is 20.2 Å². The molecule has 1 aromatic heterocycles. The zero-order chi connectivity index (χ0) is 21.2. The van der Waals surface area contributed by atoms with E-state index in [1.165, 1.54) is 19.0 Å². The molecule has 0 atom stereocenters. The Hall–Kier alpha value is -3.85. The number of benzene rings is 1. The van der Waals surface area contributed by atoms with Crippen LogP contribution < -0.4 is 5.32 Å². The van der Waals surface area contributed by atoms with Gasteiger partial charge >= 0.3 is 0 Å². The highest BCUT2D eigenvalue weighted by molar-refractivity contribution is 7.18. The van der Waals surface area contributed by atoms with Gasteiger partial charge in [-0.3, -0.25) is 29.8 Å². The Morgan fingerprint density at radius 1 is 1.21 bits per heavy atom. The Labute approximate surface area is 162 Å². The number of carbonyl (C=O) groups is 2. The molecular weight excluding hydrogens is 390 g/mol. The average Bonchev–Trinajstić information content (AvgIpc) is 2.95. The molecule has 11 nitrogen and oxygen atoms in total. The molecule has 2 aromatic rings. The topological polar surface area (TPSA) is 159 Å². The maximum atomic E-state index is 12.5. The second kappa shape index (κ2) is 7.80. The van der Waals surface area contributed by atoms with E-state index in [0.29, 0.717) is 11.6 Å². The number of nitrogens with one attached hydrogen (secondary N) is 1. The predicted octanol–water partition coefficient (Wildman–Crippen LogP) is 2.70. The minimum absolute atomic E-state index is 0.0582. The Balaban J connectivity index is 2.47. The van der Waals surface area contributed by atoms with Crippen molar-refractivity contribution in [3.8, 4) is 6.07 Å². The number of rotatable bonds is 5. The molecule has 12 heteroatoms. The molecule has 1 heterocycles. The summed E-state index contributed by atoms with van der Waals surface area (Å²) >= 11 is 0.869. The molecular formula is C16H13N5O6S. The zero-order valence-corrected chi connectivity index (χ0v) is 15.7. The quantitative estimate of drug-likeness (QED) is 0.593. The highest BCUT2D eigenvalue weighted by atomic mass is 32.1. The van der Waals surface area contributed by atoms with E-state index in [1.54, 1.807) is 6.92 Å². The highest BCUT2D eigenvalue weighted by Gasteiger charge is 2.27. The van der Waals surface area contributed by atoms with E-state index in [9.17, 15) is 35.1 Å². The van der Waals surface area contributed by atoms with E-state index in [0.717, 1.165) is 23.5 Å². The number of hydrogen-bond acceptors (Lipinski definition) is 8. The molecule has 0 aliphatic carbocycles. The van der Waals surface area contributed by atoms with Crippen LogP contribution in [0.2, 0.25) is 0 Å². The second-order valence-electron chi connectivity index (χ2n) is 5.74. The second-order valence-corrected chi connectivity index (χ2v) is 6.76. The standard InChI is InChI=1S/C16H13N5O6S/c1-8-11(7-17)15(28-13(8)16(23)19(2)3)18-14(22)10-5-4-9(20(24)25)6-12(10)21(26)27/h4-6H,1-3H3,(H,18,22). The van der Waals surface area contributed by atoms with Crippen LogP contribution in [0.25, 0.3) is 0 Å². The summed E-state index contributed by atoms with van der Waals surface area (Å²) in [7, 11) is 3.07. The number of nitro benzene ring substituents is 2. The third-order valence-corrected chi connectivity index (χ3v) is 4.91. The Kier molecular flexibility index (Phi) is 5.70. The zero-order valence-electron chi connectivity index (χ0n) is 14.9. The molecule has 2 rings (SSSR count). The Morgan fingerprint density at radius 2 is 1.86 bits per heavy atom. The fourth-order valence-corrected chi connectivity index (χ4v) is 3.46. The molecule has 1 aromatic carbocycles. The first-order valence-electron chi connectivity index (χ1n) is 7.57. The minimum Gasteiger partial charge on any atom is -0.344 e. The average molecular weight is 403 g/mol. The van der Waals surface area contributed by atoms with Crippen molar-refractivity contribution in [1.29, 1.82) is 5.26 Å². The molecule has 28 heavy (non-hydrogen) atoms. The van der Waals surface area contributed by atoms with E-state index >= 15 is 0 Å². The van der Waals surface area contributed by atoms with Crippen LogP contribution in [0.4, 0.5) is 16.4 Å². The van der Waals surface area contributed by atoms with E-state index in [4.69, 9.17) is 0 Å². The highest BCUT2D eigenvalue weighted by Crippen LogP contribution is 2.34. The molecule has 0 aliphatic rings. The van der Waals surface area contributed by atoms with Crippen molar-refractivity contribution in [3.05, 3.63) is 60.0 Å². The van der Waals surface area contributed by atoms with Crippen LogP contribution in [0.1, 0.15) is 31.2 Å². The van der Waals surface area contributed by atoms with Gasteiger partial charge in [-0.25, -0.2) is 0 Å². The SMILES string of the molecule is Cc1c(C(=O)N(C)C)sc(NC(=O)c2ccc([N+](=O)[O-])cc2[N+](=O)[O-])c1C#N. The molecule has 0 bridgehead atoms. The van der Waals surface area contributed by atoms with Gasteiger partial charge in [0.2, 0.25) is 0 Å². The van der Waals surface area contributed by atoms with Gasteiger partial charge in [-0.2, -0.15) is 5.26 Å². The lowest BCUT2D eigenvalue weighted by Gasteiger charge is -2.08. The van der Waals surface area contributed by atoms with Crippen LogP contribution in [-0.4, -0.2) is 40.7 Å². The van der Waals surface area contributed by atoms with Crippen LogP contribution in [0, 0.1) is 38.5 Å². The molecule has 144 valence electrons. The molecule has 0 aliphatic heterocycles. The normalized spacial score (nSPS) is 10.1. The lowest BCUT2D eigenvalue weighted by atomic mass is 10.1. The summed E-state index contributed by atoms with van der Waals surface area (Å²) in [6.45, 7) is 1.55. The summed E-state index contributed by atoms with van der Waals surface area (Å²) in [6.07, 6.45) is 0. The van der Waals surface area contributed by atoms with E-state index in [-0.39, 0.29) is 21.3 Å². The first-order valence-corrected chi connectivity index (χ1v) is 8.39. The van der Waals surface area contributed by atoms with Gasteiger partial charge in [0.25, 0.3) is 23.2 Å². The van der Waals surface area contributed by atoms with Crippen molar-refractivity contribution in [3.63, 3.8) is 0 Å². The van der Waals surface area contributed by atoms with Gasteiger partial charge in [0.15, 0.2) is 0 Å². The van der Waals surface area contributed by atoms with Crippen molar-refractivity contribution < 1.29 is 19.4 Å². The van der Waals surface area contributed by atoms with Gasteiger partial charge in [0.1, 0.15) is 16.6 Å². The van der Waals surface area contributed by atoms with Crippen LogP contribution in [0.3, 0.4) is 0 Å². The van der Waals surface area contributed by atoms with Crippen molar-refractivity contribution in [2.24, 2.45) is 0 Å². The van der Waals surface area contributed by atoms with Crippen molar-refractivity contribution in [1.82, 2.24) is 4.90 Å². The maximum Gasteiger partial charge on any atom is 0.289 e. The summed E-state index contributed by atoms with van der Waals surface area (Å²) in [5.74, 6) is -1.29. The number of non-ortho nitro benzene ring substituents is 1. The number of nitrogens with zero attached hydrogens (tertiary/aromatic N) is 4. The van der Waals surface area contributed by atoms with E-state index < -0.39 is 32.7 Å². The Bertz CT molecular complexity index is 1050. The number of thiophene rings is 1. The first-order chi connectivity index (χ1) is 13.1. The summed E-state index contributed by atoms with van der Waals surface area (Å²) in [6, 6.07) is 4.51. The number of carbonyl (C=O) groups excluding carboxylic acids is 2. The fourth-order valence-electron chi connectivity index (χ4n) is 2.29. The molecule has 0 radical (unpaired) electrons. The number of nitriles is 1. The number of anilines is 1. The van der Waals surface area contributed by atoms with Crippen molar-refractivity contribution >= 4 is 39.5 Å². The fraction of sp³-hybridized carbons (Fsp3) is 0.188. The predicted molar refractivity (Wildman–Crippen MR) is 99.5 cm³/mol. The number of nitro groups is 2. The maximum absolute atomic E-state index is 12.5. The monoisotopic (exact) mass is 403 g/mol. The summed E-state index contributed by atoms with van der Waals surface area (Å²) in [4.78, 5) is 46.6. The van der Waals surface area contributed by atoms with Gasteiger partial charge in [-0.05, 0) is 18.6 Å². The van der Waals surface area contributed by atoms with Crippen LogP contribution in [0.5, 0.6) is 0 Å². The molecule has 0 unspecified atom stereocenters. The Morgan fingerprint density at radius 3 is 2.36 bits per heavy atom. The van der Waals surface area contributed by atoms with Gasteiger partial charge in [-0.15, -0.1) is 11.3 Å². The smallest absolute Gasteiger partial charge is 0.289 e. The van der Waals surface area contributed by atoms with Crippen LogP contribution >= 0.6 is 11.3 Å². The molecule has 0 spiro atoms. The third-order valence-electron chi connectivity index (χ3n) is 3.72. The molecule has 0 saturated heterocycles. The van der Waals surface area contributed by atoms with E-state index in [2.05, 4.69) is 5.32 Å². The van der Waals surface area contributed by atoms with Gasteiger partial charge < -0.3 is 10.2 Å². The summed E-state index contributed by atoms with van der Waals surface area (Å²) in [5.41, 5.74) is -1.26. The molecule has 0 saturated carbocycles. The number of hydrogen-bond donors (Lipinski definition) is 1. The van der Waals surface area contributed by atoms with Crippen molar-refractivity contribution in [2.45, 2.75) is 6.92 Å². The lowest BCUT2D eigenvalue weighted by molar-refractivity contribution is -0.394. The van der Waals surface area contributed by atoms with Gasteiger partial charge in [-0.1, -0.05) is 0 Å². The van der Waals surface area contributed by atoms with Crippen molar-refractivity contribution in [2.75, 3.05) is 19.4 Å². The van der Waals surface area contributed by atoms with Crippen LogP contribution in [0.15, 0.2) is 18.2 Å². The summed E-state index contributed by atoms with van der Waals surface area (Å²) < 4.78 is 0. The first kappa shape index (κ1) is 20.5. The molecule has 1 N–H and O–H groups in total.